The van der Waals surface area contributed by atoms with Crippen molar-refractivity contribution in [3.63, 3.8) is 0 Å². The summed E-state index contributed by atoms with van der Waals surface area (Å²) in [6.07, 6.45) is 2.10. The van der Waals surface area contributed by atoms with Gasteiger partial charge in [0, 0.05) is 12.6 Å². The number of rotatable bonds is 8. The van der Waals surface area contributed by atoms with Gasteiger partial charge in [-0.3, -0.25) is 0 Å². The number of nitrogens with one attached hydrogen (secondary N) is 2. The van der Waals surface area contributed by atoms with Crippen molar-refractivity contribution in [2.24, 2.45) is 7.05 Å². The van der Waals surface area contributed by atoms with Gasteiger partial charge in [-0.25, -0.2) is 22.9 Å². The van der Waals surface area contributed by atoms with E-state index in [-0.39, 0.29) is 4.90 Å². The highest BCUT2D eigenvalue weighted by atomic mass is 32.2. The van der Waals surface area contributed by atoms with Gasteiger partial charge in [0.15, 0.2) is 0 Å². The maximum atomic E-state index is 13.1. The normalized spacial score (nSPS) is 12.1. The maximum Gasteiger partial charge on any atom is 0.329 e. The van der Waals surface area contributed by atoms with Crippen LogP contribution in [0.4, 0.5) is 4.79 Å². The van der Waals surface area contributed by atoms with Gasteiger partial charge >= 0.3 is 6.03 Å². The fourth-order valence-corrected chi connectivity index (χ4v) is 5.53. The lowest BCUT2D eigenvalue weighted by molar-refractivity contribution is 0.242. The van der Waals surface area contributed by atoms with E-state index in [9.17, 15) is 13.2 Å². The molecule has 1 atom stereocenters. The van der Waals surface area contributed by atoms with Gasteiger partial charge in [0.2, 0.25) is 0 Å². The van der Waals surface area contributed by atoms with Gasteiger partial charge in [0.25, 0.3) is 10.0 Å². The third-order valence-electron chi connectivity index (χ3n) is 6.16. The molecule has 0 bridgehead atoms. The Morgan fingerprint density at radius 2 is 1.70 bits per heavy atom. The van der Waals surface area contributed by atoms with E-state index in [0.717, 1.165) is 28.1 Å². The number of nitrogens with zero attached hydrogens (tertiary/aromatic N) is 2. The molecule has 0 saturated carbocycles. The van der Waals surface area contributed by atoms with Crippen LogP contribution in [0.15, 0.2) is 84.0 Å². The van der Waals surface area contributed by atoms with Gasteiger partial charge in [0.1, 0.15) is 5.75 Å². The molecule has 2 N–H and O–H groups in total. The number of aryl methyl sites for hydroxylation is 3. The van der Waals surface area contributed by atoms with E-state index in [4.69, 9.17) is 4.74 Å². The summed E-state index contributed by atoms with van der Waals surface area (Å²) < 4.78 is 35.3. The highest BCUT2D eigenvalue weighted by molar-refractivity contribution is 7.90. The quantitative estimate of drug-likeness (QED) is 0.353. The molecule has 0 aliphatic rings. The first-order chi connectivity index (χ1) is 17.7. The number of carbonyl (C=O) groups excluding carboxylic acids is 1. The second-order valence-corrected chi connectivity index (χ2v) is 10.5. The number of carbonyl (C=O) groups is 1. The fourth-order valence-electron chi connectivity index (χ4n) is 4.37. The summed E-state index contributed by atoms with van der Waals surface area (Å²) in [5, 5.41) is 2.86. The summed E-state index contributed by atoms with van der Waals surface area (Å²) in [5.41, 5.74) is 4.82. The standard InChI is InChI=1S/C28H30N4O4S/c1-19-10-8-9-13-25(19)37(34,35)31-28(33)30-23(17-21-11-6-5-7-12-21)26-27(32(3)18-29-26)22-14-15-24(36-4)20(2)16-22/h5-16,18,23H,17H2,1-4H3,(H2,30,31,33). The minimum absolute atomic E-state index is 0.0528. The Balaban J connectivity index is 1.69. The predicted octanol–water partition coefficient (Wildman–Crippen LogP) is 4.68. The average Bonchev–Trinajstić information content (AvgIpc) is 3.25. The maximum absolute atomic E-state index is 13.1. The zero-order chi connectivity index (χ0) is 26.6. The molecule has 192 valence electrons. The molecule has 0 radical (unpaired) electrons. The topological polar surface area (TPSA) is 102 Å². The fraction of sp³-hybridized carbons (Fsp3) is 0.214. The number of aromatic nitrogens is 2. The summed E-state index contributed by atoms with van der Waals surface area (Å²) >= 11 is 0. The van der Waals surface area contributed by atoms with Gasteiger partial charge in [-0.1, -0.05) is 48.5 Å². The van der Waals surface area contributed by atoms with Gasteiger partial charge in [-0.2, -0.15) is 0 Å². The summed E-state index contributed by atoms with van der Waals surface area (Å²) in [6.45, 7) is 3.64. The summed E-state index contributed by atoms with van der Waals surface area (Å²) in [5.74, 6) is 0.771. The molecular weight excluding hydrogens is 488 g/mol. The molecule has 1 aromatic heterocycles. The van der Waals surface area contributed by atoms with E-state index < -0.39 is 22.1 Å². The van der Waals surface area contributed by atoms with Crippen molar-refractivity contribution in [2.45, 2.75) is 31.2 Å². The molecule has 0 aliphatic heterocycles. The van der Waals surface area contributed by atoms with Crippen LogP contribution in [-0.2, 0) is 23.5 Å². The van der Waals surface area contributed by atoms with Crippen LogP contribution >= 0.6 is 0 Å². The lowest BCUT2D eigenvalue weighted by atomic mass is 9.98. The highest BCUT2D eigenvalue weighted by Crippen LogP contribution is 2.32. The zero-order valence-corrected chi connectivity index (χ0v) is 22.0. The van der Waals surface area contributed by atoms with E-state index in [1.54, 1.807) is 38.6 Å². The minimum atomic E-state index is -4.06. The number of hydrogen-bond donors (Lipinski definition) is 2. The Labute approximate surface area is 217 Å². The Morgan fingerprint density at radius 3 is 2.38 bits per heavy atom. The number of urea groups is 1. The molecule has 2 amide bonds. The molecule has 0 aliphatic carbocycles. The number of benzene rings is 3. The molecule has 9 heteroatoms. The van der Waals surface area contributed by atoms with E-state index in [1.807, 2.05) is 67.1 Å². The Kier molecular flexibility index (Phi) is 7.63. The molecule has 8 nitrogen and oxygen atoms in total. The molecule has 3 aromatic carbocycles. The Bertz CT molecular complexity index is 1510. The number of sulfonamides is 1. The van der Waals surface area contributed by atoms with Crippen molar-refractivity contribution in [3.8, 4) is 17.0 Å². The Morgan fingerprint density at radius 1 is 1.00 bits per heavy atom. The third kappa shape index (κ3) is 5.83. The van der Waals surface area contributed by atoms with Gasteiger partial charge < -0.3 is 14.6 Å². The summed E-state index contributed by atoms with van der Waals surface area (Å²) in [6, 6.07) is 20.6. The predicted molar refractivity (Wildman–Crippen MR) is 143 cm³/mol. The van der Waals surface area contributed by atoms with Crippen molar-refractivity contribution in [1.29, 1.82) is 0 Å². The van der Waals surface area contributed by atoms with Crippen molar-refractivity contribution in [2.75, 3.05) is 7.11 Å². The molecule has 1 heterocycles. The van der Waals surface area contributed by atoms with Crippen molar-refractivity contribution >= 4 is 16.1 Å². The Hall–Kier alpha value is -4.11. The number of hydrogen-bond acceptors (Lipinski definition) is 5. The number of amides is 2. The first-order valence-electron chi connectivity index (χ1n) is 11.8. The van der Waals surface area contributed by atoms with Crippen LogP contribution in [0, 0.1) is 13.8 Å². The summed E-state index contributed by atoms with van der Waals surface area (Å²) in [7, 11) is -0.554. The SMILES string of the molecule is COc1ccc(-c2c(C(Cc3ccccc3)NC(=O)NS(=O)(=O)c3ccccc3C)ncn2C)cc1C. The van der Waals surface area contributed by atoms with Crippen molar-refractivity contribution in [3.05, 3.63) is 102 Å². The van der Waals surface area contributed by atoms with E-state index >= 15 is 0 Å². The van der Waals surface area contributed by atoms with Crippen LogP contribution in [0.3, 0.4) is 0 Å². The smallest absolute Gasteiger partial charge is 0.329 e. The number of ether oxygens (including phenoxy) is 1. The monoisotopic (exact) mass is 518 g/mol. The van der Waals surface area contributed by atoms with Crippen LogP contribution in [0.25, 0.3) is 11.3 Å². The van der Waals surface area contributed by atoms with Gasteiger partial charge in [-0.05, 0) is 61.2 Å². The van der Waals surface area contributed by atoms with E-state index in [1.165, 1.54) is 6.07 Å². The number of imidazole rings is 1. The minimum Gasteiger partial charge on any atom is -0.496 e. The van der Waals surface area contributed by atoms with Crippen LogP contribution in [0.5, 0.6) is 5.75 Å². The first-order valence-corrected chi connectivity index (χ1v) is 13.3. The zero-order valence-electron chi connectivity index (χ0n) is 21.2. The van der Waals surface area contributed by atoms with Crippen LogP contribution in [0.2, 0.25) is 0 Å². The van der Waals surface area contributed by atoms with Crippen molar-refractivity contribution in [1.82, 2.24) is 19.6 Å². The highest BCUT2D eigenvalue weighted by Gasteiger charge is 2.26. The molecular formula is C28H30N4O4S. The van der Waals surface area contributed by atoms with Gasteiger partial charge in [-0.15, -0.1) is 0 Å². The lowest BCUT2D eigenvalue weighted by Crippen LogP contribution is -2.42. The summed E-state index contributed by atoms with van der Waals surface area (Å²) in [4.78, 5) is 17.7. The van der Waals surface area contributed by atoms with Crippen LogP contribution in [-0.4, -0.2) is 31.1 Å². The first kappa shape index (κ1) is 26.0. The average molecular weight is 519 g/mol. The van der Waals surface area contributed by atoms with Crippen LogP contribution < -0.4 is 14.8 Å². The molecule has 37 heavy (non-hydrogen) atoms. The molecule has 0 fully saturated rings. The van der Waals surface area contributed by atoms with E-state index in [0.29, 0.717) is 17.7 Å². The lowest BCUT2D eigenvalue weighted by Gasteiger charge is -2.20. The molecule has 0 spiro atoms. The molecule has 1 unspecified atom stereocenters. The molecule has 4 aromatic rings. The van der Waals surface area contributed by atoms with Gasteiger partial charge in [0.05, 0.1) is 35.8 Å². The third-order valence-corrected chi connectivity index (χ3v) is 7.65. The van der Waals surface area contributed by atoms with Crippen molar-refractivity contribution < 1.29 is 17.9 Å². The molecule has 4 rings (SSSR count). The molecule has 0 saturated heterocycles. The van der Waals surface area contributed by atoms with E-state index in [2.05, 4.69) is 15.0 Å². The second kappa shape index (κ2) is 10.9. The number of methoxy groups -OCH3 is 1. The largest absolute Gasteiger partial charge is 0.496 e. The van der Waals surface area contributed by atoms with Crippen LogP contribution in [0.1, 0.15) is 28.4 Å². The second-order valence-electron chi connectivity index (χ2n) is 8.86.